The summed E-state index contributed by atoms with van der Waals surface area (Å²) in [7, 11) is 0. The van der Waals surface area contributed by atoms with Gasteiger partial charge >= 0.3 is 0 Å². The van der Waals surface area contributed by atoms with Gasteiger partial charge in [0.1, 0.15) is 0 Å². The normalized spacial score (nSPS) is 9.47. The number of aldehydes is 1. The van der Waals surface area contributed by atoms with Gasteiger partial charge in [-0.05, 0) is 23.6 Å². The van der Waals surface area contributed by atoms with Crippen molar-refractivity contribution in [3.8, 4) is 5.75 Å². The molecular formula is C12H17FO2. The van der Waals surface area contributed by atoms with Crippen molar-refractivity contribution in [1.82, 2.24) is 0 Å². The van der Waals surface area contributed by atoms with Crippen LogP contribution in [0.5, 0.6) is 5.75 Å². The minimum absolute atomic E-state index is 0.00343. The molecule has 0 aromatic heterocycles. The molecule has 0 aliphatic rings. The standard InChI is InChI=1S/C10H11FO2.C2H6/c1-6(2)7-3-8(5-12)10(13)9(11)4-7;1-2/h3-6,13H,1-2H3;1-2H3. The van der Waals surface area contributed by atoms with Crippen LogP contribution in [0.4, 0.5) is 4.39 Å². The zero-order chi connectivity index (χ0) is 12.0. The number of hydrogen-bond donors (Lipinski definition) is 1. The third-order valence-corrected chi connectivity index (χ3v) is 1.91. The van der Waals surface area contributed by atoms with Gasteiger partial charge in [-0.3, -0.25) is 4.79 Å². The van der Waals surface area contributed by atoms with Crippen molar-refractivity contribution in [3.63, 3.8) is 0 Å². The van der Waals surface area contributed by atoms with Gasteiger partial charge in [0.05, 0.1) is 5.56 Å². The molecule has 0 saturated heterocycles. The molecule has 0 aliphatic carbocycles. The average Bonchev–Trinajstić information content (AvgIpc) is 2.24. The lowest BCUT2D eigenvalue weighted by atomic mass is 10.0. The number of halogens is 1. The maximum atomic E-state index is 13.0. The summed E-state index contributed by atoms with van der Waals surface area (Å²) in [5.41, 5.74) is 0.709. The first kappa shape index (κ1) is 13.6. The number of hydrogen-bond acceptors (Lipinski definition) is 2. The Balaban J connectivity index is 0.000000921. The van der Waals surface area contributed by atoms with Crippen molar-refractivity contribution in [2.24, 2.45) is 0 Å². The van der Waals surface area contributed by atoms with E-state index in [1.807, 2.05) is 27.7 Å². The third kappa shape index (κ3) is 3.35. The second kappa shape index (κ2) is 6.17. The van der Waals surface area contributed by atoms with Gasteiger partial charge in [0, 0.05) is 0 Å². The summed E-state index contributed by atoms with van der Waals surface area (Å²) in [6.07, 6.45) is 0.449. The minimum atomic E-state index is -0.742. The van der Waals surface area contributed by atoms with E-state index in [1.54, 1.807) is 0 Å². The van der Waals surface area contributed by atoms with Crippen LogP contribution in [0, 0.1) is 5.82 Å². The number of benzene rings is 1. The summed E-state index contributed by atoms with van der Waals surface area (Å²) in [5, 5.41) is 9.10. The molecule has 0 unspecified atom stereocenters. The Hall–Kier alpha value is -1.38. The number of phenols is 1. The van der Waals surface area contributed by atoms with Crippen LogP contribution < -0.4 is 0 Å². The van der Waals surface area contributed by atoms with E-state index in [4.69, 9.17) is 5.11 Å². The predicted molar refractivity (Wildman–Crippen MR) is 58.9 cm³/mol. The van der Waals surface area contributed by atoms with Crippen molar-refractivity contribution in [1.29, 1.82) is 0 Å². The van der Waals surface area contributed by atoms with Gasteiger partial charge in [-0.1, -0.05) is 27.7 Å². The zero-order valence-electron chi connectivity index (χ0n) is 9.54. The lowest BCUT2D eigenvalue weighted by Gasteiger charge is -2.07. The molecule has 15 heavy (non-hydrogen) atoms. The van der Waals surface area contributed by atoms with Crippen LogP contribution in [-0.4, -0.2) is 11.4 Å². The molecule has 0 fully saturated rings. The van der Waals surface area contributed by atoms with E-state index in [0.717, 1.165) is 0 Å². The molecule has 0 bridgehead atoms. The molecule has 0 amide bonds. The Morgan fingerprint density at radius 3 is 2.27 bits per heavy atom. The fourth-order valence-corrected chi connectivity index (χ4v) is 1.07. The molecule has 84 valence electrons. The van der Waals surface area contributed by atoms with Crippen molar-refractivity contribution in [2.45, 2.75) is 33.6 Å². The molecule has 0 saturated carbocycles. The SMILES string of the molecule is CC.CC(C)c1cc(F)c(O)c(C=O)c1. The molecule has 2 nitrogen and oxygen atoms in total. The van der Waals surface area contributed by atoms with E-state index in [0.29, 0.717) is 11.8 Å². The zero-order valence-corrected chi connectivity index (χ0v) is 9.54. The Bertz CT molecular complexity index is 333. The molecule has 0 aliphatic heterocycles. The van der Waals surface area contributed by atoms with Crippen LogP contribution in [-0.2, 0) is 0 Å². The summed E-state index contributed by atoms with van der Waals surface area (Å²) in [6.45, 7) is 7.78. The van der Waals surface area contributed by atoms with Gasteiger partial charge in [0.15, 0.2) is 17.9 Å². The summed E-state index contributed by atoms with van der Waals surface area (Å²) in [5.74, 6) is -1.18. The van der Waals surface area contributed by atoms with Gasteiger partial charge in [0.2, 0.25) is 0 Å². The molecule has 0 heterocycles. The van der Waals surface area contributed by atoms with Gasteiger partial charge < -0.3 is 5.11 Å². The Labute approximate surface area is 89.7 Å². The highest BCUT2D eigenvalue weighted by Crippen LogP contribution is 2.25. The van der Waals surface area contributed by atoms with E-state index in [1.165, 1.54) is 12.1 Å². The third-order valence-electron chi connectivity index (χ3n) is 1.91. The van der Waals surface area contributed by atoms with E-state index in [-0.39, 0.29) is 11.5 Å². The molecule has 1 aromatic rings. The van der Waals surface area contributed by atoms with E-state index >= 15 is 0 Å². The van der Waals surface area contributed by atoms with Gasteiger partial charge in [-0.25, -0.2) is 4.39 Å². The molecule has 0 spiro atoms. The number of aromatic hydroxyl groups is 1. The van der Waals surface area contributed by atoms with Gasteiger partial charge in [0.25, 0.3) is 0 Å². The Morgan fingerprint density at radius 2 is 1.87 bits per heavy atom. The number of carbonyl (C=O) groups excluding carboxylic acids is 1. The maximum absolute atomic E-state index is 13.0. The van der Waals surface area contributed by atoms with Crippen molar-refractivity contribution in [2.75, 3.05) is 0 Å². The fraction of sp³-hybridized carbons (Fsp3) is 0.417. The van der Waals surface area contributed by atoms with E-state index in [2.05, 4.69) is 0 Å². The smallest absolute Gasteiger partial charge is 0.165 e. The molecule has 0 radical (unpaired) electrons. The topological polar surface area (TPSA) is 37.3 Å². The average molecular weight is 212 g/mol. The molecule has 3 heteroatoms. The second-order valence-electron chi connectivity index (χ2n) is 3.21. The van der Waals surface area contributed by atoms with E-state index in [9.17, 15) is 9.18 Å². The van der Waals surface area contributed by atoms with Crippen molar-refractivity contribution < 1.29 is 14.3 Å². The maximum Gasteiger partial charge on any atom is 0.165 e. The lowest BCUT2D eigenvalue weighted by Crippen LogP contribution is -1.93. The minimum Gasteiger partial charge on any atom is -0.504 e. The summed E-state index contributed by atoms with van der Waals surface area (Å²) >= 11 is 0. The van der Waals surface area contributed by atoms with Crippen LogP contribution in [0.3, 0.4) is 0 Å². The quantitative estimate of drug-likeness (QED) is 0.762. The number of rotatable bonds is 2. The molecule has 0 atom stereocenters. The first-order chi connectivity index (χ1) is 7.06. The Kier molecular flexibility index (Phi) is 5.60. The first-order valence-electron chi connectivity index (χ1n) is 5.04. The first-order valence-corrected chi connectivity index (χ1v) is 5.04. The molecule has 1 N–H and O–H groups in total. The summed E-state index contributed by atoms with van der Waals surface area (Å²) < 4.78 is 13.0. The highest BCUT2D eigenvalue weighted by molar-refractivity contribution is 5.79. The summed E-state index contributed by atoms with van der Waals surface area (Å²) in [6, 6.07) is 2.74. The van der Waals surface area contributed by atoms with Crippen molar-refractivity contribution in [3.05, 3.63) is 29.1 Å². The van der Waals surface area contributed by atoms with Gasteiger partial charge in [-0.2, -0.15) is 0 Å². The van der Waals surface area contributed by atoms with Crippen LogP contribution in [0.25, 0.3) is 0 Å². The molecule has 1 rings (SSSR count). The fourth-order valence-electron chi connectivity index (χ4n) is 1.07. The number of phenolic OH excluding ortho intramolecular Hbond substituents is 1. The van der Waals surface area contributed by atoms with E-state index < -0.39 is 11.6 Å². The Morgan fingerprint density at radius 1 is 1.33 bits per heavy atom. The van der Waals surface area contributed by atoms with Crippen molar-refractivity contribution >= 4 is 6.29 Å². The number of carbonyl (C=O) groups is 1. The molecular weight excluding hydrogens is 195 g/mol. The van der Waals surface area contributed by atoms with Crippen LogP contribution in [0.15, 0.2) is 12.1 Å². The molecule has 1 aromatic carbocycles. The van der Waals surface area contributed by atoms with Crippen LogP contribution in [0.1, 0.15) is 49.5 Å². The second-order valence-corrected chi connectivity index (χ2v) is 3.21. The largest absolute Gasteiger partial charge is 0.504 e. The lowest BCUT2D eigenvalue weighted by molar-refractivity contribution is 0.112. The highest BCUT2D eigenvalue weighted by Gasteiger charge is 2.10. The van der Waals surface area contributed by atoms with Crippen LogP contribution in [0.2, 0.25) is 0 Å². The predicted octanol–water partition coefficient (Wildman–Crippen LogP) is 3.49. The monoisotopic (exact) mass is 212 g/mol. The van der Waals surface area contributed by atoms with Gasteiger partial charge in [-0.15, -0.1) is 0 Å². The highest BCUT2D eigenvalue weighted by atomic mass is 19.1. The van der Waals surface area contributed by atoms with Crippen LogP contribution >= 0.6 is 0 Å². The summed E-state index contributed by atoms with van der Waals surface area (Å²) in [4.78, 5) is 10.4.